The lowest BCUT2D eigenvalue weighted by Crippen LogP contribution is -2.31. The summed E-state index contributed by atoms with van der Waals surface area (Å²) in [5, 5.41) is 4.21. The van der Waals surface area contributed by atoms with E-state index in [9.17, 15) is 18.0 Å². The number of rotatable bonds is 4. The number of halogens is 4. The molecule has 0 aliphatic carbocycles. The van der Waals surface area contributed by atoms with Crippen molar-refractivity contribution in [3.05, 3.63) is 75.7 Å². The molecule has 1 fully saturated rings. The van der Waals surface area contributed by atoms with E-state index in [0.29, 0.717) is 24.2 Å². The van der Waals surface area contributed by atoms with Gasteiger partial charge in [-0.1, -0.05) is 35.9 Å². The van der Waals surface area contributed by atoms with E-state index < -0.39 is 23.5 Å². The molecule has 0 saturated carbocycles. The highest BCUT2D eigenvalue weighted by atomic mass is 35.5. The summed E-state index contributed by atoms with van der Waals surface area (Å²) in [5.74, 6) is -0.0778. The summed E-state index contributed by atoms with van der Waals surface area (Å²) in [6.07, 6.45) is -0.903. The number of hydrogen-bond donors (Lipinski definition) is 0. The van der Waals surface area contributed by atoms with Crippen molar-refractivity contribution in [2.24, 2.45) is 0 Å². The molecule has 1 aliphatic heterocycles. The van der Waals surface area contributed by atoms with Crippen molar-refractivity contribution < 1.29 is 22.6 Å². The lowest BCUT2D eigenvalue weighted by atomic mass is 10.1. The first-order valence-corrected chi connectivity index (χ1v) is 10.1. The van der Waals surface area contributed by atoms with Gasteiger partial charge >= 0.3 is 6.18 Å². The molecule has 0 spiro atoms. The van der Waals surface area contributed by atoms with Crippen molar-refractivity contribution in [2.75, 3.05) is 6.61 Å². The van der Waals surface area contributed by atoms with Crippen LogP contribution in [-0.4, -0.2) is 16.4 Å². The molecule has 1 aromatic heterocycles. The maximum Gasteiger partial charge on any atom is 0.419 e. The third-order valence-electron chi connectivity index (χ3n) is 4.96. The predicted molar refractivity (Wildman–Crippen MR) is 109 cm³/mol. The number of benzene rings is 2. The van der Waals surface area contributed by atoms with Crippen molar-refractivity contribution >= 4 is 11.6 Å². The summed E-state index contributed by atoms with van der Waals surface area (Å²) < 4.78 is 51.7. The summed E-state index contributed by atoms with van der Waals surface area (Å²) in [6, 6.07) is 11.2. The van der Waals surface area contributed by atoms with Crippen LogP contribution in [0.1, 0.15) is 31.1 Å². The average molecular weight is 451 g/mol. The number of ether oxygens (including phenoxy) is 2. The maximum absolute atomic E-state index is 13.1. The van der Waals surface area contributed by atoms with Crippen molar-refractivity contribution in [2.45, 2.75) is 31.7 Å². The molecule has 0 bridgehead atoms. The summed E-state index contributed by atoms with van der Waals surface area (Å²) in [6.45, 7) is 0.567. The second-order valence-electron chi connectivity index (χ2n) is 7.06. The third-order valence-corrected chi connectivity index (χ3v) is 5.32. The Kier molecular flexibility index (Phi) is 6.02. The second kappa shape index (κ2) is 8.72. The SMILES string of the molecule is O=c1c(Cl)c(-c2ccc(Oc3ccccc3C(F)(F)F)cc2)cnn1C1CCCCO1. The summed E-state index contributed by atoms with van der Waals surface area (Å²) in [4.78, 5) is 12.7. The van der Waals surface area contributed by atoms with E-state index in [1.54, 1.807) is 12.1 Å². The van der Waals surface area contributed by atoms with Gasteiger partial charge in [0.2, 0.25) is 0 Å². The highest BCUT2D eigenvalue weighted by Crippen LogP contribution is 2.38. The largest absolute Gasteiger partial charge is 0.457 e. The van der Waals surface area contributed by atoms with E-state index in [-0.39, 0.29) is 16.5 Å². The first-order valence-electron chi connectivity index (χ1n) is 9.68. The van der Waals surface area contributed by atoms with Gasteiger partial charge in [-0.25, -0.2) is 0 Å². The standard InChI is InChI=1S/C22H18ClF3N2O3/c23-20-16(13-27-28(21(20)29)19-7-3-4-12-30-19)14-8-10-15(11-9-14)31-18-6-2-1-5-17(18)22(24,25)26/h1-2,5-6,8-11,13,19H,3-4,7,12H2. The van der Waals surface area contributed by atoms with Crippen LogP contribution in [0.4, 0.5) is 13.2 Å². The van der Waals surface area contributed by atoms with E-state index in [2.05, 4.69) is 5.10 Å². The molecule has 31 heavy (non-hydrogen) atoms. The minimum absolute atomic E-state index is 0.000240. The molecule has 162 valence electrons. The Morgan fingerprint density at radius 2 is 1.84 bits per heavy atom. The molecule has 0 N–H and O–H groups in total. The first kappa shape index (κ1) is 21.4. The van der Waals surface area contributed by atoms with E-state index in [4.69, 9.17) is 21.1 Å². The van der Waals surface area contributed by atoms with Gasteiger partial charge in [-0.15, -0.1) is 0 Å². The molecule has 9 heteroatoms. The molecular formula is C22H18ClF3N2O3. The minimum atomic E-state index is -4.53. The van der Waals surface area contributed by atoms with Crippen LogP contribution in [0.2, 0.25) is 5.02 Å². The molecule has 1 unspecified atom stereocenters. The zero-order valence-electron chi connectivity index (χ0n) is 16.2. The highest BCUT2D eigenvalue weighted by Gasteiger charge is 2.34. The van der Waals surface area contributed by atoms with Crippen LogP contribution in [0.5, 0.6) is 11.5 Å². The van der Waals surface area contributed by atoms with Gasteiger partial charge in [0.05, 0.1) is 11.8 Å². The predicted octanol–water partition coefficient (Wildman–Crippen LogP) is 6.07. The van der Waals surface area contributed by atoms with Crippen LogP contribution in [0.15, 0.2) is 59.5 Å². The molecule has 5 nitrogen and oxygen atoms in total. The molecule has 3 aromatic rings. The molecule has 1 saturated heterocycles. The smallest absolute Gasteiger partial charge is 0.419 e. The maximum atomic E-state index is 13.1. The number of para-hydroxylation sites is 1. The molecule has 0 radical (unpaired) electrons. The number of hydrogen-bond acceptors (Lipinski definition) is 4. The minimum Gasteiger partial charge on any atom is -0.457 e. The topological polar surface area (TPSA) is 53.3 Å². The zero-order chi connectivity index (χ0) is 22.0. The summed E-state index contributed by atoms with van der Waals surface area (Å²) in [7, 11) is 0. The normalized spacial score (nSPS) is 16.8. The Morgan fingerprint density at radius 3 is 2.52 bits per heavy atom. The molecule has 2 heterocycles. The third kappa shape index (κ3) is 4.60. The molecule has 1 aliphatic rings. The lowest BCUT2D eigenvalue weighted by Gasteiger charge is -2.23. The zero-order valence-corrected chi connectivity index (χ0v) is 17.0. The number of alkyl halides is 3. The van der Waals surface area contributed by atoms with Crippen molar-refractivity contribution in [3.8, 4) is 22.6 Å². The van der Waals surface area contributed by atoms with Gasteiger partial charge in [-0.05, 0) is 49.1 Å². The second-order valence-corrected chi connectivity index (χ2v) is 7.44. The Labute approximate surface area is 181 Å². The Hall–Kier alpha value is -2.84. The average Bonchev–Trinajstić information content (AvgIpc) is 2.77. The van der Waals surface area contributed by atoms with Crippen LogP contribution in [0.25, 0.3) is 11.1 Å². The fraction of sp³-hybridized carbons (Fsp3) is 0.273. The molecular weight excluding hydrogens is 433 g/mol. The van der Waals surface area contributed by atoms with Crippen molar-refractivity contribution in [1.82, 2.24) is 9.78 Å². The van der Waals surface area contributed by atoms with E-state index in [1.807, 2.05) is 0 Å². The first-order chi connectivity index (χ1) is 14.8. The summed E-state index contributed by atoms with van der Waals surface area (Å²) in [5.41, 5.74) is -0.311. The fourth-order valence-corrected chi connectivity index (χ4v) is 3.63. The van der Waals surface area contributed by atoms with Gasteiger partial charge in [0.25, 0.3) is 5.56 Å². The Balaban J connectivity index is 1.58. The van der Waals surface area contributed by atoms with Gasteiger partial charge in [0, 0.05) is 12.2 Å². The van der Waals surface area contributed by atoms with Gasteiger partial charge in [-0.3, -0.25) is 4.79 Å². The molecule has 1 atom stereocenters. The Bertz CT molecular complexity index is 1120. The van der Waals surface area contributed by atoms with E-state index in [0.717, 1.165) is 18.9 Å². The van der Waals surface area contributed by atoms with E-state index >= 15 is 0 Å². The van der Waals surface area contributed by atoms with Crippen LogP contribution in [0.3, 0.4) is 0 Å². The van der Waals surface area contributed by atoms with Crippen LogP contribution >= 0.6 is 11.6 Å². The van der Waals surface area contributed by atoms with Gasteiger partial charge in [0.1, 0.15) is 16.5 Å². The lowest BCUT2D eigenvalue weighted by molar-refractivity contribution is -0.138. The highest BCUT2D eigenvalue weighted by molar-refractivity contribution is 6.33. The summed E-state index contributed by atoms with van der Waals surface area (Å²) >= 11 is 6.31. The quantitative estimate of drug-likeness (QED) is 0.484. The molecule has 4 rings (SSSR count). The molecule has 0 amide bonds. The van der Waals surface area contributed by atoms with Gasteiger partial charge < -0.3 is 9.47 Å². The van der Waals surface area contributed by atoms with Gasteiger partial charge in [-0.2, -0.15) is 23.0 Å². The number of aromatic nitrogens is 2. The van der Waals surface area contributed by atoms with Crippen LogP contribution in [0, 0.1) is 0 Å². The van der Waals surface area contributed by atoms with Crippen molar-refractivity contribution in [3.63, 3.8) is 0 Å². The van der Waals surface area contributed by atoms with Crippen LogP contribution in [-0.2, 0) is 10.9 Å². The van der Waals surface area contributed by atoms with Crippen molar-refractivity contribution in [1.29, 1.82) is 0 Å². The van der Waals surface area contributed by atoms with Gasteiger partial charge in [0.15, 0.2) is 6.23 Å². The monoisotopic (exact) mass is 450 g/mol. The van der Waals surface area contributed by atoms with Crippen LogP contribution < -0.4 is 10.3 Å². The Morgan fingerprint density at radius 1 is 1.10 bits per heavy atom. The molecule has 2 aromatic carbocycles. The number of nitrogens with zero attached hydrogens (tertiary/aromatic N) is 2. The van der Waals surface area contributed by atoms with E-state index in [1.165, 1.54) is 41.2 Å². The fourth-order valence-electron chi connectivity index (χ4n) is 3.39.